The van der Waals surface area contributed by atoms with Crippen molar-refractivity contribution < 1.29 is 15.0 Å². The minimum atomic E-state index is -0.779. The van der Waals surface area contributed by atoms with Crippen molar-refractivity contribution in [2.24, 2.45) is 0 Å². The van der Waals surface area contributed by atoms with Crippen molar-refractivity contribution in [1.29, 1.82) is 0 Å². The standard InChI is InChI=1S/C10H18N2O3/c13-8-6-12(7-9(8)14)10(15)11-4-2-1-3-5-11/h8-9,13-14H,1-7H2. The number of aliphatic hydroxyl groups is 2. The van der Waals surface area contributed by atoms with E-state index in [0.717, 1.165) is 25.9 Å². The van der Waals surface area contributed by atoms with Crippen LogP contribution in [0.3, 0.4) is 0 Å². The zero-order valence-corrected chi connectivity index (χ0v) is 8.80. The zero-order chi connectivity index (χ0) is 10.8. The molecule has 2 atom stereocenters. The minimum Gasteiger partial charge on any atom is -0.388 e. The first-order valence-corrected chi connectivity index (χ1v) is 5.58. The number of aliphatic hydroxyl groups excluding tert-OH is 2. The molecular formula is C10H18N2O3. The molecule has 5 nitrogen and oxygen atoms in total. The third-order valence-electron chi connectivity index (χ3n) is 3.16. The van der Waals surface area contributed by atoms with E-state index in [1.165, 1.54) is 6.42 Å². The summed E-state index contributed by atoms with van der Waals surface area (Å²) in [6.45, 7) is 2.13. The molecule has 0 saturated carbocycles. The van der Waals surface area contributed by atoms with E-state index in [9.17, 15) is 15.0 Å². The smallest absolute Gasteiger partial charge is 0.320 e. The highest BCUT2D eigenvalue weighted by Crippen LogP contribution is 2.16. The first kappa shape index (κ1) is 10.7. The molecule has 0 aromatic heterocycles. The highest BCUT2D eigenvalue weighted by molar-refractivity contribution is 5.75. The van der Waals surface area contributed by atoms with Crippen molar-refractivity contribution in [2.45, 2.75) is 31.5 Å². The molecule has 2 aliphatic rings. The van der Waals surface area contributed by atoms with Crippen LogP contribution >= 0.6 is 0 Å². The normalized spacial score (nSPS) is 32.1. The fraction of sp³-hybridized carbons (Fsp3) is 0.900. The summed E-state index contributed by atoms with van der Waals surface area (Å²) >= 11 is 0. The number of likely N-dealkylation sites (tertiary alicyclic amines) is 2. The van der Waals surface area contributed by atoms with E-state index in [1.807, 2.05) is 4.90 Å². The van der Waals surface area contributed by atoms with Crippen LogP contribution in [0.25, 0.3) is 0 Å². The Hall–Kier alpha value is -0.810. The van der Waals surface area contributed by atoms with Crippen LogP contribution in [0.1, 0.15) is 19.3 Å². The van der Waals surface area contributed by atoms with Crippen LogP contribution in [0, 0.1) is 0 Å². The van der Waals surface area contributed by atoms with Crippen molar-refractivity contribution in [3.63, 3.8) is 0 Å². The van der Waals surface area contributed by atoms with Crippen molar-refractivity contribution in [3.05, 3.63) is 0 Å². The average Bonchev–Trinajstić information content (AvgIpc) is 2.59. The number of carbonyl (C=O) groups is 1. The third kappa shape index (κ3) is 2.23. The molecule has 2 unspecified atom stereocenters. The molecule has 0 bridgehead atoms. The van der Waals surface area contributed by atoms with Crippen molar-refractivity contribution in [2.75, 3.05) is 26.2 Å². The quantitative estimate of drug-likeness (QED) is 0.578. The first-order valence-electron chi connectivity index (χ1n) is 5.58. The first-order chi connectivity index (χ1) is 7.18. The molecule has 2 amide bonds. The Morgan fingerprint density at radius 2 is 1.47 bits per heavy atom. The van der Waals surface area contributed by atoms with Gasteiger partial charge >= 0.3 is 6.03 Å². The van der Waals surface area contributed by atoms with Gasteiger partial charge < -0.3 is 20.0 Å². The maximum absolute atomic E-state index is 11.9. The lowest BCUT2D eigenvalue weighted by Gasteiger charge is -2.30. The number of hydrogen-bond donors (Lipinski definition) is 2. The van der Waals surface area contributed by atoms with Crippen molar-refractivity contribution in [1.82, 2.24) is 9.80 Å². The van der Waals surface area contributed by atoms with Gasteiger partial charge in [0.25, 0.3) is 0 Å². The molecular weight excluding hydrogens is 196 g/mol. The second-order valence-electron chi connectivity index (χ2n) is 4.37. The van der Waals surface area contributed by atoms with Crippen LogP contribution in [-0.2, 0) is 0 Å². The van der Waals surface area contributed by atoms with Gasteiger partial charge in [0.05, 0.1) is 25.3 Å². The fourth-order valence-electron chi connectivity index (χ4n) is 2.21. The molecule has 2 N–H and O–H groups in total. The molecule has 0 aliphatic carbocycles. The van der Waals surface area contributed by atoms with Crippen molar-refractivity contribution in [3.8, 4) is 0 Å². The van der Waals surface area contributed by atoms with Gasteiger partial charge in [0.15, 0.2) is 0 Å². The van der Waals surface area contributed by atoms with E-state index in [1.54, 1.807) is 4.90 Å². The molecule has 2 saturated heterocycles. The lowest BCUT2D eigenvalue weighted by atomic mass is 10.1. The predicted octanol–water partition coefficient (Wildman–Crippen LogP) is -0.370. The van der Waals surface area contributed by atoms with Gasteiger partial charge in [-0.2, -0.15) is 0 Å². The molecule has 86 valence electrons. The summed E-state index contributed by atoms with van der Waals surface area (Å²) in [6.07, 6.45) is 1.75. The average molecular weight is 214 g/mol. The van der Waals surface area contributed by atoms with Gasteiger partial charge in [0, 0.05) is 13.1 Å². The Kier molecular flexibility index (Phi) is 3.11. The Bertz CT molecular complexity index is 231. The zero-order valence-electron chi connectivity index (χ0n) is 8.80. The number of rotatable bonds is 0. The van der Waals surface area contributed by atoms with E-state index in [2.05, 4.69) is 0 Å². The van der Waals surface area contributed by atoms with E-state index in [0.29, 0.717) is 0 Å². The molecule has 0 radical (unpaired) electrons. The highest BCUT2D eigenvalue weighted by Gasteiger charge is 2.34. The van der Waals surface area contributed by atoms with Crippen molar-refractivity contribution >= 4 is 6.03 Å². The largest absolute Gasteiger partial charge is 0.388 e. The molecule has 2 aliphatic heterocycles. The van der Waals surface area contributed by atoms with E-state index in [-0.39, 0.29) is 19.1 Å². The number of amides is 2. The van der Waals surface area contributed by atoms with Gasteiger partial charge in [-0.25, -0.2) is 4.79 Å². The molecule has 0 aromatic carbocycles. The maximum atomic E-state index is 11.9. The Morgan fingerprint density at radius 1 is 0.933 bits per heavy atom. The van der Waals surface area contributed by atoms with Crippen LogP contribution in [0.5, 0.6) is 0 Å². The molecule has 0 spiro atoms. The molecule has 2 fully saturated rings. The summed E-state index contributed by atoms with van der Waals surface area (Å²) in [4.78, 5) is 15.3. The minimum absolute atomic E-state index is 0.0368. The number of hydrogen-bond acceptors (Lipinski definition) is 3. The highest BCUT2D eigenvalue weighted by atomic mass is 16.3. The monoisotopic (exact) mass is 214 g/mol. The van der Waals surface area contributed by atoms with Gasteiger partial charge in [-0.05, 0) is 19.3 Å². The molecule has 2 heterocycles. The van der Waals surface area contributed by atoms with E-state index >= 15 is 0 Å². The van der Waals surface area contributed by atoms with Crippen LogP contribution in [0.4, 0.5) is 4.79 Å². The summed E-state index contributed by atoms with van der Waals surface area (Å²) in [7, 11) is 0. The molecule has 5 heteroatoms. The van der Waals surface area contributed by atoms with Gasteiger partial charge in [0.1, 0.15) is 0 Å². The van der Waals surface area contributed by atoms with Gasteiger partial charge in [-0.15, -0.1) is 0 Å². The number of carbonyl (C=O) groups excluding carboxylic acids is 1. The SMILES string of the molecule is O=C(N1CCCCC1)N1CC(O)C(O)C1. The number of β-amino-alcohol motifs (C(OH)–C–C–N with tert-alkyl or cyclic N) is 2. The second-order valence-corrected chi connectivity index (χ2v) is 4.37. The van der Waals surface area contributed by atoms with Gasteiger partial charge in [-0.1, -0.05) is 0 Å². The van der Waals surface area contributed by atoms with E-state index in [4.69, 9.17) is 0 Å². The van der Waals surface area contributed by atoms with Crippen LogP contribution < -0.4 is 0 Å². The molecule has 2 rings (SSSR count). The summed E-state index contributed by atoms with van der Waals surface area (Å²) in [6, 6.07) is -0.0368. The van der Waals surface area contributed by atoms with E-state index < -0.39 is 12.2 Å². The van der Waals surface area contributed by atoms with Gasteiger partial charge in [0.2, 0.25) is 0 Å². The summed E-state index contributed by atoms with van der Waals surface area (Å²) in [5.41, 5.74) is 0. The summed E-state index contributed by atoms with van der Waals surface area (Å²) in [5, 5.41) is 18.7. The van der Waals surface area contributed by atoms with Gasteiger partial charge in [-0.3, -0.25) is 0 Å². The maximum Gasteiger partial charge on any atom is 0.320 e. The Labute approximate surface area is 89.3 Å². The Balaban J connectivity index is 1.90. The van der Waals surface area contributed by atoms with Crippen LogP contribution in [0.15, 0.2) is 0 Å². The number of nitrogens with zero attached hydrogens (tertiary/aromatic N) is 2. The number of urea groups is 1. The van der Waals surface area contributed by atoms with Crippen LogP contribution in [0.2, 0.25) is 0 Å². The number of piperidine rings is 1. The lowest BCUT2D eigenvalue weighted by molar-refractivity contribution is 0.0572. The summed E-state index contributed by atoms with van der Waals surface area (Å²) in [5.74, 6) is 0. The third-order valence-corrected chi connectivity index (χ3v) is 3.16. The summed E-state index contributed by atoms with van der Waals surface area (Å²) < 4.78 is 0. The van der Waals surface area contributed by atoms with Crippen LogP contribution in [-0.4, -0.2) is 64.4 Å². The second kappa shape index (κ2) is 4.37. The lowest BCUT2D eigenvalue weighted by Crippen LogP contribution is -2.44. The molecule has 15 heavy (non-hydrogen) atoms. The molecule has 0 aromatic rings. The topological polar surface area (TPSA) is 64.0 Å². The predicted molar refractivity (Wildman–Crippen MR) is 54.4 cm³/mol. The fourth-order valence-corrected chi connectivity index (χ4v) is 2.21. The Morgan fingerprint density at radius 3 is 2.00 bits per heavy atom.